The number of nitrogens with zero attached hydrogens (tertiary/aromatic N) is 2. The Hall–Kier alpha value is -2.32. The van der Waals surface area contributed by atoms with Gasteiger partial charge in [-0.15, -0.1) is 0 Å². The number of para-hydroxylation sites is 1. The van der Waals surface area contributed by atoms with Gasteiger partial charge in [0.2, 0.25) is 0 Å². The van der Waals surface area contributed by atoms with E-state index in [0.717, 1.165) is 11.8 Å². The van der Waals surface area contributed by atoms with Crippen LogP contribution in [0, 0.1) is 0 Å². The number of hydrogen-bond acceptors (Lipinski definition) is 5. The Morgan fingerprint density at radius 2 is 2.04 bits per heavy atom. The van der Waals surface area contributed by atoms with E-state index in [1.165, 1.54) is 12.3 Å². The van der Waals surface area contributed by atoms with E-state index < -0.39 is 11.9 Å². The summed E-state index contributed by atoms with van der Waals surface area (Å²) in [7, 11) is 0. The summed E-state index contributed by atoms with van der Waals surface area (Å²) < 4.78 is 43.8. The third-order valence-corrected chi connectivity index (χ3v) is 3.88. The zero-order chi connectivity index (χ0) is 18.6. The molecule has 5 nitrogen and oxygen atoms in total. The van der Waals surface area contributed by atoms with Crippen molar-refractivity contribution in [2.24, 2.45) is 5.16 Å². The molecule has 1 aromatic heterocycles. The Balaban J connectivity index is 1.69. The molecule has 0 saturated carbocycles. The number of hydrogen-bond donors (Lipinski definition) is 1. The van der Waals surface area contributed by atoms with Gasteiger partial charge in [-0.2, -0.15) is 13.2 Å². The van der Waals surface area contributed by atoms with Crippen LogP contribution >= 0.6 is 11.8 Å². The fourth-order valence-electron chi connectivity index (χ4n) is 2.49. The first-order chi connectivity index (χ1) is 12.5. The molecule has 1 aromatic carbocycles. The summed E-state index contributed by atoms with van der Waals surface area (Å²) in [4.78, 5) is 11.2. The van der Waals surface area contributed by atoms with Gasteiger partial charge >= 0.3 is 6.18 Å². The summed E-state index contributed by atoms with van der Waals surface area (Å²) in [5.41, 5.74) is 1.03. The van der Waals surface area contributed by atoms with Gasteiger partial charge in [0.05, 0.1) is 12.3 Å². The van der Waals surface area contributed by atoms with Gasteiger partial charge < -0.3 is 9.57 Å². The second-order valence-corrected chi connectivity index (χ2v) is 5.90. The monoisotopic (exact) mass is 385 g/mol. The molecular formula is C17H15ClF3N3O2. The van der Waals surface area contributed by atoms with Crippen molar-refractivity contribution in [3.05, 3.63) is 48.3 Å². The van der Waals surface area contributed by atoms with Gasteiger partial charge in [0.15, 0.2) is 6.10 Å². The minimum absolute atomic E-state index is 0.242. The second-order valence-electron chi connectivity index (χ2n) is 5.64. The van der Waals surface area contributed by atoms with Crippen molar-refractivity contribution >= 4 is 17.5 Å². The number of aromatic nitrogens is 1. The molecule has 0 spiro atoms. The van der Waals surface area contributed by atoms with Crippen LogP contribution in [-0.4, -0.2) is 30.0 Å². The Labute approximate surface area is 152 Å². The van der Waals surface area contributed by atoms with Crippen LogP contribution < -0.4 is 9.57 Å². The van der Waals surface area contributed by atoms with Gasteiger partial charge in [-0.25, -0.2) is 4.84 Å². The number of ether oxygens (including phenoxy) is 1. The quantitative estimate of drug-likeness (QED) is 0.763. The highest BCUT2D eigenvalue weighted by atomic mass is 35.5. The maximum atomic E-state index is 12.7. The summed E-state index contributed by atoms with van der Waals surface area (Å²) in [5.74, 6) is 0.529. The molecule has 0 fully saturated rings. The molecule has 0 saturated heterocycles. The van der Waals surface area contributed by atoms with Gasteiger partial charge in [-0.3, -0.25) is 4.98 Å². The van der Waals surface area contributed by atoms with E-state index in [9.17, 15) is 13.2 Å². The number of alkyl halides is 3. The van der Waals surface area contributed by atoms with Gasteiger partial charge in [-0.05, 0) is 23.9 Å². The molecule has 138 valence electrons. The smallest absolute Gasteiger partial charge is 0.433 e. The van der Waals surface area contributed by atoms with Crippen LogP contribution in [0.1, 0.15) is 12.1 Å². The van der Waals surface area contributed by atoms with Crippen LogP contribution in [0.15, 0.2) is 47.8 Å². The van der Waals surface area contributed by atoms with Crippen molar-refractivity contribution in [1.29, 1.82) is 0 Å². The molecule has 9 heteroatoms. The number of pyridine rings is 1. The summed E-state index contributed by atoms with van der Waals surface area (Å²) in [6.07, 6.45) is -2.94. The molecule has 0 radical (unpaired) electrons. The average molecular weight is 386 g/mol. The van der Waals surface area contributed by atoms with Crippen molar-refractivity contribution in [2.75, 3.05) is 13.2 Å². The van der Waals surface area contributed by atoms with E-state index in [1.807, 2.05) is 0 Å². The normalized spacial score (nSPS) is 16.9. The molecule has 26 heavy (non-hydrogen) atoms. The third kappa shape index (κ3) is 4.44. The third-order valence-electron chi connectivity index (χ3n) is 3.74. The molecular weight excluding hydrogens is 371 g/mol. The fourth-order valence-corrected chi connectivity index (χ4v) is 2.65. The van der Waals surface area contributed by atoms with Crippen molar-refractivity contribution in [3.63, 3.8) is 0 Å². The predicted octanol–water partition coefficient (Wildman–Crippen LogP) is 4.03. The summed E-state index contributed by atoms with van der Waals surface area (Å²) >= 11 is 5.44. The fraction of sp³-hybridized carbons (Fsp3) is 0.294. The molecule has 1 aliphatic rings. The maximum Gasteiger partial charge on any atom is 0.433 e. The summed E-state index contributed by atoms with van der Waals surface area (Å²) in [5, 5.41) is 3.91. The van der Waals surface area contributed by atoms with Crippen molar-refractivity contribution in [2.45, 2.75) is 18.7 Å². The van der Waals surface area contributed by atoms with Crippen molar-refractivity contribution in [3.8, 4) is 16.9 Å². The molecule has 1 unspecified atom stereocenters. The number of rotatable bonds is 6. The van der Waals surface area contributed by atoms with E-state index in [0.29, 0.717) is 29.8 Å². The van der Waals surface area contributed by atoms with Crippen molar-refractivity contribution in [1.82, 2.24) is 9.82 Å². The SMILES string of the molecule is FC(F)(F)c1ccc(-c2ccccc2OCC2CC(CNCl)=NO2)cn1. The standard InChI is InChI=1S/C17H15ClF3N3O2/c18-23-9-12-7-13(26-24-12)10-25-15-4-2-1-3-14(15)11-5-6-16(22-8-11)17(19,20)21/h1-6,8,13,23H,7,9-10H2. The maximum absolute atomic E-state index is 12.7. The van der Waals surface area contributed by atoms with E-state index >= 15 is 0 Å². The van der Waals surface area contributed by atoms with E-state index in [-0.39, 0.29) is 12.7 Å². The lowest BCUT2D eigenvalue weighted by molar-refractivity contribution is -0.141. The van der Waals surface area contributed by atoms with Gasteiger partial charge in [-0.1, -0.05) is 29.4 Å². The minimum Gasteiger partial charge on any atom is -0.489 e. The van der Waals surface area contributed by atoms with E-state index in [2.05, 4.69) is 15.0 Å². The number of halogens is 4. The van der Waals surface area contributed by atoms with Crippen LogP contribution in [-0.2, 0) is 11.0 Å². The molecule has 1 N–H and O–H groups in total. The zero-order valence-electron chi connectivity index (χ0n) is 13.5. The molecule has 0 bridgehead atoms. The van der Waals surface area contributed by atoms with Crippen LogP contribution in [0.4, 0.5) is 13.2 Å². The average Bonchev–Trinajstić information content (AvgIpc) is 3.07. The Morgan fingerprint density at radius 3 is 2.73 bits per heavy atom. The minimum atomic E-state index is -4.47. The van der Waals surface area contributed by atoms with E-state index in [1.54, 1.807) is 24.3 Å². The Kier molecular flexibility index (Phi) is 5.63. The molecule has 3 rings (SSSR count). The topological polar surface area (TPSA) is 55.7 Å². The number of oxime groups is 1. The number of nitrogens with one attached hydrogen (secondary N) is 1. The second kappa shape index (κ2) is 7.92. The lowest BCUT2D eigenvalue weighted by Crippen LogP contribution is -2.21. The van der Waals surface area contributed by atoms with Gasteiger partial charge in [0, 0.05) is 23.7 Å². The lowest BCUT2D eigenvalue weighted by atomic mass is 10.1. The first-order valence-electron chi connectivity index (χ1n) is 7.78. The van der Waals surface area contributed by atoms with Crippen LogP contribution in [0.25, 0.3) is 11.1 Å². The molecule has 2 aromatic rings. The highest BCUT2D eigenvalue weighted by molar-refractivity contribution is 6.14. The van der Waals surface area contributed by atoms with Crippen LogP contribution in [0.5, 0.6) is 5.75 Å². The lowest BCUT2D eigenvalue weighted by Gasteiger charge is -2.14. The van der Waals surface area contributed by atoms with Crippen molar-refractivity contribution < 1.29 is 22.7 Å². The highest BCUT2D eigenvalue weighted by Crippen LogP contribution is 2.32. The zero-order valence-corrected chi connectivity index (χ0v) is 14.2. The first kappa shape index (κ1) is 18.5. The van der Waals surface area contributed by atoms with Crippen LogP contribution in [0.3, 0.4) is 0 Å². The molecule has 0 aliphatic carbocycles. The Morgan fingerprint density at radius 1 is 1.23 bits per heavy atom. The largest absolute Gasteiger partial charge is 0.489 e. The summed E-state index contributed by atoms with van der Waals surface area (Å²) in [6, 6.07) is 9.38. The van der Waals surface area contributed by atoms with Gasteiger partial charge in [0.25, 0.3) is 0 Å². The van der Waals surface area contributed by atoms with Gasteiger partial charge in [0.1, 0.15) is 18.1 Å². The predicted molar refractivity (Wildman–Crippen MR) is 91.0 cm³/mol. The van der Waals surface area contributed by atoms with E-state index in [4.69, 9.17) is 21.4 Å². The highest BCUT2D eigenvalue weighted by Gasteiger charge is 2.32. The van der Waals surface area contributed by atoms with Crippen LogP contribution in [0.2, 0.25) is 0 Å². The first-order valence-corrected chi connectivity index (χ1v) is 8.15. The summed E-state index contributed by atoms with van der Waals surface area (Å²) in [6.45, 7) is 0.673. The molecule has 0 amide bonds. The molecule has 2 heterocycles. The molecule has 1 atom stereocenters. The molecule has 1 aliphatic heterocycles. The number of benzene rings is 1. The Bertz CT molecular complexity index is 782.